The van der Waals surface area contributed by atoms with Gasteiger partial charge >= 0.3 is 0 Å². The number of methoxy groups -OCH3 is 7. The molecule has 5 aromatic rings. The summed E-state index contributed by atoms with van der Waals surface area (Å²) in [5.74, 6) is 3.60. The fourth-order valence-electron chi connectivity index (χ4n) is 4.94. The lowest BCUT2D eigenvalue weighted by Gasteiger charge is -2.15. The smallest absolute Gasteiger partial charge is 0.255 e. The summed E-state index contributed by atoms with van der Waals surface area (Å²) in [5, 5.41) is 3.61. The zero-order valence-electron chi connectivity index (χ0n) is 27.6. The summed E-state index contributed by atoms with van der Waals surface area (Å²) < 4.78 is 43.0. The molecule has 0 unspecified atom stereocenters. The normalized spacial score (nSPS) is 11.0. The highest BCUT2D eigenvalue weighted by atomic mass is 32.1. The predicted octanol–water partition coefficient (Wildman–Crippen LogP) is 7.11. The van der Waals surface area contributed by atoms with Gasteiger partial charge in [0, 0.05) is 22.4 Å². The van der Waals surface area contributed by atoms with Crippen molar-refractivity contribution in [2.24, 2.45) is 0 Å². The van der Waals surface area contributed by atoms with Gasteiger partial charge in [0.1, 0.15) is 10.8 Å². The third-order valence-electron chi connectivity index (χ3n) is 7.39. The first-order chi connectivity index (χ1) is 23.3. The second kappa shape index (κ2) is 15.2. The number of benzene rings is 4. The number of hydrogen-bond donors (Lipinski definition) is 1. The number of carbonyl (C=O) groups is 1. The van der Waals surface area contributed by atoms with E-state index in [0.717, 1.165) is 28.0 Å². The molecule has 5 rings (SSSR count). The molecule has 1 aromatic heterocycles. The predicted molar refractivity (Wildman–Crippen MR) is 185 cm³/mol. The molecule has 1 heterocycles. The van der Waals surface area contributed by atoms with Crippen LogP contribution >= 0.6 is 11.5 Å². The number of nitrogens with one attached hydrogen (secondary N) is 1. The van der Waals surface area contributed by atoms with Gasteiger partial charge in [-0.1, -0.05) is 12.1 Å². The molecule has 12 heteroatoms. The Bertz CT molecular complexity index is 1870. The molecule has 1 amide bonds. The van der Waals surface area contributed by atoms with Crippen molar-refractivity contribution in [3.63, 3.8) is 0 Å². The highest BCUT2D eigenvalue weighted by molar-refractivity contribution is 7.09. The summed E-state index contributed by atoms with van der Waals surface area (Å²) in [7, 11) is 10.8. The Morgan fingerprint density at radius 3 is 1.65 bits per heavy atom. The van der Waals surface area contributed by atoms with Crippen molar-refractivity contribution in [1.82, 2.24) is 9.36 Å². The van der Waals surface area contributed by atoms with Crippen molar-refractivity contribution in [3.05, 3.63) is 95.3 Å². The molecule has 0 saturated heterocycles. The Hall–Kier alpha value is -5.75. The highest BCUT2D eigenvalue weighted by Crippen LogP contribution is 2.42. The summed E-state index contributed by atoms with van der Waals surface area (Å²) >= 11 is 1.26. The lowest BCUT2D eigenvalue weighted by Crippen LogP contribution is -2.12. The second-order valence-electron chi connectivity index (χ2n) is 10.1. The van der Waals surface area contributed by atoms with Crippen molar-refractivity contribution in [3.8, 4) is 50.8 Å². The lowest BCUT2D eigenvalue weighted by molar-refractivity contribution is 0.102. The van der Waals surface area contributed by atoms with Gasteiger partial charge in [-0.25, -0.2) is 4.98 Å². The lowest BCUT2D eigenvalue weighted by atomic mass is 10.0. The first-order valence-corrected chi connectivity index (χ1v) is 15.4. The Labute approximate surface area is 282 Å². The molecule has 0 aliphatic heterocycles. The Morgan fingerprint density at radius 1 is 0.646 bits per heavy atom. The molecule has 0 radical (unpaired) electrons. The van der Waals surface area contributed by atoms with E-state index in [-0.39, 0.29) is 5.91 Å². The maximum atomic E-state index is 13.1. The van der Waals surface area contributed by atoms with Crippen molar-refractivity contribution in [2.75, 3.05) is 55.1 Å². The van der Waals surface area contributed by atoms with Crippen molar-refractivity contribution in [2.45, 2.75) is 0 Å². The van der Waals surface area contributed by atoms with E-state index in [1.807, 2.05) is 54.6 Å². The molecule has 0 aliphatic carbocycles. The van der Waals surface area contributed by atoms with Crippen LogP contribution in [0.3, 0.4) is 0 Å². The number of amides is 1. The molecular weight excluding hydrogens is 634 g/mol. The third kappa shape index (κ3) is 7.13. The van der Waals surface area contributed by atoms with Crippen LogP contribution in [0.25, 0.3) is 22.2 Å². The van der Waals surface area contributed by atoms with E-state index in [0.29, 0.717) is 56.6 Å². The number of ether oxygens (including phenoxy) is 7. The Kier molecular flexibility index (Phi) is 10.7. The largest absolute Gasteiger partial charge is 0.497 e. The van der Waals surface area contributed by atoms with Gasteiger partial charge in [-0.2, -0.15) is 4.37 Å². The number of rotatable bonds is 13. The van der Waals surface area contributed by atoms with E-state index in [1.54, 1.807) is 52.7 Å². The number of nitrogens with zero attached hydrogens (tertiary/aromatic N) is 2. The standard InChI is InChI=1S/C36H35N3O8S/c1-41-26-14-8-21(9-15-26)16-27(23-17-28(42-2)32(46-6)29(18-23)43-3)34-38-36(48-39-34)22-10-12-25(13-11-22)37-35(40)24-19-30(44-4)33(47-7)31(20-24)45-5/h8-20H,1-7H3,(H,37,40)/b27-16+. The zero-order valence-corrected chi connectivity index (χ0v) is 28.4. The van der Waals surface area contributed by atoms with Gasteiger partial charge in [0.15, 0.2) is 28.8 Å². The minimum Gasteiger partial charge on any atom is -0.497 e. The number of carbonyl (C=O) groups excluding carboxylic acids is 1. The maximum absolute atomic E-state index is 13.1. The van der Waals surface area contributed by atoms with E-state index >= 15 is 0 Å². The second-order valence-corrected chi connectivity index (χ2v) is 10.9. The summed E-state index contributed by atoms with van der Waals surface area (Å²) in [6, 6.07) is 22.0. The summed E-state index contributed by atoms with van der Waals surface area (Å²) in [6.07, 6.45) is 1.99. The van der Waals surface area contributed by atoms with Crippen LogP contribution in [-0.2, 0) is 0 Å². The van der Waals surface area contributed by atoms with Crippen LogP contribution in [0.2, 0.25) is 0 Å². The number of aromatic nitrogens is 2. The van der Waals surface area contributed by atoms with Crippen LogP contribution in [0.5, 0.6) is 40.2 Å². The highest BCUT2D eigenvalue weighted by Gasteiger charge is 2.20. The van der Waals surface area contributed by atoms with E-state index in [2.05, 4.69) is 5.32 Å². The quantitative estimate of drug-likeness (QED) is 0.130. The minimum absolute atomic E-state index is 0.334. The maximum Gasteiger partial charge on any atom is 0.255 e. The summed E-state index contributed by atoms with van der Waals surface area (Å²) in [6.45, 7) is 0. The average Bonchev–Trinajstić information content (AvgIpc) is 3.63. The first kappa shape index (κ1) is 33.6. The van der Waals surface area contributed by atoms with Crippen LogP contribution < -0.4 is 38.5 Å². The first-order valence-electron chi connectivity index (χ1n) is 14.6. The van der Waals surface area contributed by atoms with E-state index in [9.17, 15) is 4.79 Å². The van der Waals surface area contributed by atoms with Crippen LogP contribution in [0.15, 0.2) is 72.8 Å². The van der Waals surface area contributed by atoms with E-state index < -0.39 is 0 Å². The molecule has 0 saturated carbocycles. The van der Waals surface area contributed by atoms with Crippen LogP contribution in [-0.4, -0.2) is 65.0 Å². The van der Waals surface area contributed by atoms with Crippen molar-refractivity contribution in [1.29, 1.82) is 0 Å². The van der Waals surface area contributed by atoms with E-state index in [4.69, 9.17) is 42.5 Å². The molecule has 0 spiro atoms. The van der Waals surface area contributed by atoms with Crippen molar-refractivity contribution >= 4 is 34.8 Å². The van der Waals surface area contributed by atoms with Gasteiger partial charge in [-0.15, -0.1) is 0 Å². The monoisotopic (exact) mass is 669 g/mol. The van der Waals surface area contributed by atoms with Crippen LogP contribution in [0.1, 0.15) is 27.3 Å². The summed E-state index contributed by atoms with van der Waals surface area (Å²) in [5.41, 5.74) is 4.22. The fraction of sp³-hybridized carbons (Fsp3) is 0.194. The molecule has 4 aromatic carbocycles. The molecular formula is C36H35N3O8S. The van der Waals surface area contributed by atoms with E-state index in [1.165, 1.54) is 32.9 Å². The molecule has 0 atom stereocenters. The Morgan fingerprint density at radius 2 is 1.17 bits per heavy atom. The molecule has 0 aliphatic rings. The van der Waals surface area contributed by atoms with Crippen LogP contribution in [0, 0.1) is 0 Å². The fourth-order valence-corrected chi connectivity index (χ4v) is 5.62. The minimum atomic E-state index is -0.334. The van der Waals surface area contributed by atoms with Gasteiger partial charge in [0.05, 0.1) is 49.8 Å². The molecule has 11 nitrogen and oxygen atoms in total. The van der Waals surface area contributed by atoms with Gasteiger partial charge in [-0.05, 0) is 89.4 Å². The average molecular weight is 670 g/mol. The molecule has 248 valence electrons. The number of hydrogen-bond acceptors (Lipinski definition) is 11. The topological polar surface area (TPSA) is 119 Å². The number of anilines is 1. The molecule has 0 fully saturated rings. The van der Waals surface area contributed by atoms with Crippen LogP contribution in [0.4, 0.5) is 5.69 Å². The van der Waals surface area contributed by atoms with Gasteiger partial charge < -0.3 is 38.5 Å². The van der Waals surface area contributed by atoms with Crippen molar-refractivity contribution < 1.29 is 38.0 Å². The molecule has 1 N–H and O–H groups in total. The SMILES string of the molecule is COc1ccc(/C=C(\c2cc(OC)c(OC)c(OC)c2)c2nsc(-c3ccc(NC(=O)c4cc(OC)c(OC)c(OC)c4)cc3)n2)cc1. The van der Waals surface area contributed by atoms with Gasteiger partial charge in [0.25, 0.3) is 5.91 Å². The van der Waals surface area contributed by atoms with Gasteiger partial charge in [0.2, 0.25) is 11.5 Å². The summed E-state index contributed by atoms with van der Waals surface area (Å²) in [4.78, 5) is 18.0. The Balaban J connectivity index is 1.45. The molecule has 0 bridgehead atoms. The molecule has 48 heavy (non-hydrogen) atoms. The third-order valence-corrected chi connectivity index (χ3v) is 8.15. The zero-order chi connectivity index (χ0) is 34.2. The van der Waals surface area contributed by atoms with Gasteiger partial charge in [-0.3, -0.25) is 4.79 Å².